The third-order valence-electron chi connectivity index (χ3n) is 3.43. The van der Waals surface area contributed by atoms with E-state index < -0.39 is 10.0 Å². The molecule has 0 saturated heterocycles. The lowest BCUT2D eigenvalue weighted by Crippen LogP contribution is -2.21. The molecule has 0 spiro atoms. The molecule has 132 valence electrons. The van der Waals surface area contributed by atoms with Crippen LogP contribution in [0.4, 0.5) is 0 Å². The van der Waals surface area contributed by atoms with E-state index in [1.165, 1.54) is 13.1 Å². The largest absolute Gasteiger partial charge is 0.348 e. The van der Waals surface area contributed by atoms with Gasteiger partial charge in [0, 0.05) is 17.6 Å². The maximum absolute atomic E-state index is 11.8. The Bertz CT molecular complexity index is 862. The molecule has 0 unspecified atom stereocenters. The van der Waals surface area contributed by atoms with Gasteiger partial charge >= 0.3 is 0 Å². The van der Waals surface area contributed by atoms with Crippen LogP contribution in [0.1, 0.15) is 16.7 Å². The molecule has 0 fully saturated rings. The molecule has 0 aliphatic heterocycles. The number of carbonyl (C=O) groups is 1. The van der Waals surface area contributed by atoms with Gasteiger partial charge < -0.3 is 5.32 Å². The number of hydrogen-bond acceptors (Lipinski definition) is 3. The summed E-state index contributed by atoms with van der Waals surface area (Å²) in [7, 11) is -1.90. The number of rotatable bonds is 7. The van der Waals surface area contributed by atoms with Crippen LogP contribution in [-0.4, -0.2) is 21.4 Å². The zero-order chi connectivity index (χ0) is 18.3. The molecule has 25 heavy (non-hydrogen) atoms. The van der Waals surface area contributed by atoms with Crippen molar-refractivity contribution in [3.8, 4) is 0 Å². The highest BCUT2D eigenvalue weighted by atomic mass is 35.5. The van der Waals surface area contributed by atoms with Crippen LogP contribution in [-0.2, 0) is 27.1 Å². The second-order valence-corrected chi connectivity index (χ2v) is 7.75. The number of nitrogens with one attached hydrogen (secondary N) is 2. The molecule has 5 nitrogen and oxygen atoms in total. The molecular formula is C18H19ClN2O3S. The molecule has 7 heteroatoms. The van der Waals surface area contributed by atoms with E-state index >= 15 is 0 Å². The van der Waals surface area contributed by atoms with Crippen molar-refractivity contribution in [3.63, 3.8) is 0 Å². The van der Waals surface area contributed by atoms with E-state index in [9.17, 15) is 13.2 Å². The molecular weight excluding hydrogens is 360 g/mol. The summed E-state index contributed by atoms with van der Waals surface area (Å²) >= 11 is 5.89. The van der Waals surface area contributed by atoms with E-state index in [4.69, 9.17) is 11.6 Å². The Morgan fingerprint density at radius 2 is 1.80 bits per heavy atom. The summed E-state index contributed by atoms with van der Waals surface area (Å²) in [6.45, 7) is 0.359. The molecule has 2 aromatic rings. The van der Waals surface area contributed by atoms with Crippen LogP contribution >= 0.6 is 11.6 Å². The van der Waals surface area contributed by atoms with Crippen molar-refractivity contribution in [1.82, 2.24) is 10.0 Å². The van der Waals surface area contributed by atoms with Crippen molar-refractivity contribution in [2.45, 2.75) is 12.3 Å². The number of hydrogen-bond donors (Lipinski definition) is 2. The quantitative estimate of drug-likeness (QED) is 0.727. The first-order chi connectivity index (χ1) is 11.9. The summed E-state index contributed by atoms with van der Waals surface area (Å²) < 4.78 is 25.3. The van der Waals surface area contributed by atoms with E-state index in [0.717, 1.165) is 11.1 Å². The maximum atomic E-state index is 11.8. The fourth-order valence-electron chi connectivity index (χ4n) is 2.08. The average Bonchev–Trinajstić information content (AvgIpc) is 2.59. The van der Waals surface area contributed by atoms with Crippen molar-refractivity contribution in [1.29, 1.82) is 0 Å². The Kier molecular flexibility index (Phi) is 6.75. The average molecular weight is 379 g/mol. The van der Waals surface area contributed by atoms with Crippen LogP contribution < -0.4 is 10.0 Å². The molecule has 0 bridgehead atoms. The second-order valence-electron chi connectivity index (χ2n) is 5.39. The van der Waals surface area contributed by atoms with Gasteiger partial charge in [0.2, 0.25) is 15.9 Å². The van der Waals surface area contributed by atoms with Gasteiger partial charge in [0.05, 0.1) is 5.75 Å². The zero-order valence-electron chi connectivity index (χ0n) is 13.7. The lowest BCUT2D eigenvalue weighted by molar-refractivity contribution is -0.116. The smallest absolute Gasteiger partial charge is 0.244 e. The summed E-state index contributed by atoms with van der Waals surface area (Å²) in [5, 5.41) is 3.39. The number of amides is 1. The van der Waals surface area contributed by atoms with E-state index in [1.807, 2.05) is 12.1 Å². The lowest BCUT2D eigenvalue weighted by Gasteiger charge is -2.06. The topological polar surface area (TPSA) is 75.3 Å². The Morgan fingerprint density at radius 1 is 1.12 bits per heavy atom. The van der Waals surface area contributed by atoms with Gasteiger partial charge in [-0.3, -0.25) is 4.79 Å². The Labute approximate surface area is 152 Å². The van der Waals surface area contributed by atoms with Gasteiger partial charge in [-0.25, -0.2) is 13.1 Å². The normalized spacial score (nSPS) is 11.6. The summed E-state index contributed by atoms with van der Waals surface area (Å²) in [5.41, 5.74) is 2.41. The Balaban J connectivity index is 1.87. The van der Waals surface area contributed by atoms with Crippen molar-refractivity contribution in [2.75, 3.05) is 7.05 Å². The van der Waals surface area contributed by atoms with Crippen LogP contribution in [0, 0.1) is 0 Å². The summed E-state index contributed by atoms with van der Waals surface area (Å²) in [4.78, 5) is 11.8. The Morgan fingerprint density at radius 3 is 2.44 bits per heavy atom. The molecule has 0 saturated carbocycles. The second kappa shape index (κ2) is 8.80. The molecule has 0 aromatic heterocycles. The molecule has 0 radical (unpaired) electrons. The minimum atomic E-state index is -3.29. The SMILES string of the molecule is CNS(=O)(=O)Cc1ccc(CNC(=O)/C=C/c2cccc(Cl)c2)cc1. The van der Waals surface area contributed by atoms with Crippen LogP contribution in [0.5, 0.6) is 0 Å². The molecule has 0 aliphatic carbocycles. The van der Waals surface area contributed by atoms with Gasteiger partial charge in [-0.1, -0.05) is 48.0 Å². The van der Waals surface area contributed by atoms with Crippen molar-refractivity contribution >= 4 is 33.6 Å². The predicted octanol–water partition coefficient (Wildman–Crippen LogP) is 2.72. The van der Waals surface area contributed by atoms with Crippen LogP contribution in [0.15, 0.2) is 54.6 Å². The highest BCUT2D eigenvalue weighted by Gasteiger charge is 2.08. The third kappa shape index (κ3) is 6.70. The fourth-order valence-corrected chi connectivity index (χ4v) is 3.05. The van der Waals surface area contributed by atoms with Crippen LogP contribution in [0.2, 0.25) is 5.02 Å². The number of carbonyl (C=O) groups excluding carboxylic acids is 1. The first-order valence-corrected chi connectivity index (χ1v) is 9.61. The monoisotopic (exact) mass is 378 g/mol. The fraction of sp³-hybridized carbons (Fsp3) is 0.167. The molecule has 2 rings (SSSR count). The first kappa shape index (κ1) is 19.2. The molecule has 2 N–H and O–H groups in total. The van der Waals surface area contributed by atoms with E-state index in [2.05, 4.69) is 10.0 Å². The van der Waals surface area contributed by atoms with E-state index in [-0.39, 0.29) is 11.7 Å². The first-order valence-electron chi connectivity index (χ1n) is 7.58. The van der Waals surface area contributed by atoms with Gasteiger partial charge in [-0.15, -0.1) is 0 Å². The van der Waals surface area contributed by atoms with Gasteiger partial charge in [-0.05, 0) is 41.9 Å². The maximum Gasteiger partial charge on any atom is 0.244 e. The van der Waals surface area contributed by atoms with Gasteiger partial charge in [0.15, 0.2) is 0 Å². The van der Waals surface area contributed by atoms with Crippen molar-refractivity contribution < 1.29 is 13.2 Å². The minimum Gasteiger partial charge on any atom is -0.348 e. The molecule has 2 aromatic carbocycles. The number of halogens is 1. The Hall–Kier alpha value is -2.15. The van der Waals surface area contributed by atoms with E-state index in [1.54, 1.807) is 42.5 Å². The lowest BCUT2D eigenvalue weighted by atomic mass is 10.1. The third-order valence-corrected chi connectivity index (χ3v) is 5.00. The van der Waals surface area contributed by atoms with Gasteiger partial charge in [0.25, 0.3) is 0 Å². The molecule has 0 aliphatic rings. The standard InChI is InChI=1S/C18H19ClN2O3S/c1-20-25(23,24)13-16-7-5-15(6-8-16)12-21-18(22)10-9-14-3-2-4-17(19)11-14/h2-11,20H,12-13H2,1H3,(H,21,22)/b10-9+. The molecule has 0 atom stereocenters. The van der Waals surface area contributed by atoms with Gasteiger partial charge in [0.1, 0.15) is 0 Å². The highest BCUT2D eigenvalue weighted by molar-refractivity contribution is 7.88. The molecule has 0 heterocycles. The van der Waals surface area contributed by atoms with Crippen LogP contribution in [0.3, 0.4) is 0 Å². The summed E-state index contributed by atoms with van der Waals surface area (Å²) in [6.07, 6.45) is 3.13. The highest BCUT2D eigenvalue weighted by Crippen LogP contribution is 2.12. The van der Waals surface area contributed by atoms with E-state index in [0.29, 0.717) is 17.1 Å². The minimum absolute atomic E-state index is 0.0709. The summed E-state index contributed by atoms with van der Waals surface area (Å²) in [5.74, 6) is -0.291. The van der Waals surface area contributed by atoms with Crippen molar-refractivity contribution in [2.24, 2.45) is 0 Å². The van der Waals surface area contributed by atoms with Gasteiger partial charge in [-0.2, -0.15) is 0 Å². The van der Waals surface area contributed by atoms with Crippen molar-refractivity contribution in [3.05, 3.63) is 76.3 Å². The summed E-state index contributed by atoms with van der Waals surface area (Å²) in [6, 6.07) is 14.3. The molecule has 1 amide bonds. The number of sulfonamides is 1. The predicted molar refractivity (Wildman–Crippen MR) is 100 cm³/mol. The zero-order valence-corrected chi connectivity index (χ0v) is 15.3. The number of benzene rings is 2. The van der Waals surface area contributed by atoms with Crippen LogP contribution in [0.25, 0.3) is 6.08 Å².